The van der Waals surface area contributed by atoms with Crippen LogP contribution in [-0.4, -0.2) is 15.2 Å². The van der Waals surface area contributed by atoms with E-state index in [1.165, 1.54) is 0 Å². The normalized spacial score (nSPS) is 13.0. The molecule has 0 saturated heterocycles. The van der Waals surface area contributed by atoms with E-state index in [2.05, 4.69) is 33.9 Å². The van der Waals surface area contributed by atoms with E-state index in [9.17, 15) is 0 Å². The van der Waals surface area contributed by atoms with Crippen molar-refractivity contribution in [2.45, 2.75) is 38.9 Å². The smallest absolute Gasteiger partial charge is 0.156 e. The molecule has 0 saturated carbocycles. The maximum Gasteiger partial charge on any atom is 0.156 e. The van der Waals surface area contributed by atoms with Crippen LogP contribution in [-0.2, 0) is 0 Å². The minimum Gasteiger partial charge on any atom is -0.493 e. The average Bonchev–Trinajstić information content (AvgIpc) is 2.49. The minimum absolute atomic E-state index is 0.301. The summed E-state index contributed by atoms with van der Waals surface area (Å²) in [4.78, 5) is 0. The summed E-state index contributed by atoms with van der Waals surface area (Å²) in [6.45, 7) is 11.5. The van der Waals surface area contributed by atoms with E-state index in [4.69, 9.17) is 9.15 Å². The maximum absolute atomic E-state index is 5.58. The summed E-state index contributed by atoms with van der Waals surface area (Å²) in [5.74, 6) is 0.824. The van der Waals surface area contributed by atoms with E-state index in [0.717, 1.165) is 11.1 Å². The molecule has 0 aliphatic heterocycles. The van der Waals surface area contributed by atoms with Gasteiger partial charge < -0.3 is 9.15 Å². The fourth-order valence-electron chi connectivity index (χ4n) is 1.12. The molecule has 0 unspecified atom stereocenters. The standard InChI is InChI=1S/C11H20O2Si/c1-11(2,3)14(5,6)10-7-9(12-4)8-13-10/h7-8H,1-6H3. The molecule has 80 valence electrons. The van der Waals surface area contributed by atoms with Gasteiger partial charge in [0.05, 0.1) is 12.5 Å². The number of rotatable bonds is 2. The zero-order valence-corrected chi connectivity index (χ0v) is 11.0. The molecule has 1 aromatic rings. The van der Waals surface area contributed by atoms with Gasteiger partial charge in [-0.15, -0.1) is 0 Å². The molecule has 3 heteroatoms. The van der Waals surface area contributed by atoms with Crippen LogP contribution in [0.25, 0.3) is 0 Å². The molecule has 1 heterocycles. The van der Waals surface area contributed by atoms with Crippen LogP contribution in [0.3, 0.4) is 0 Å². The molecule has 1 rings (SSSR count). The Morgan fingerprint density at radius 2 is 1.86 bits per heavy atom. The van der Waals surface area contributed by atoms with E-state index < -0.39 is 8.07 Å². The van der Waals surface area contributed by atoms with Crippen molar-refractivity contribution in [1.82, 2.24) is 0 Å². The second-order valence-electron chi connectivity index (χ2n) is 5.23. The highest BCUT2D eigenvalue weighted by Crippen LogP contribution is 2.36. The number of ether oxygens (including phenoxy) is 1. The SMILES string of the molecule is COc1coc([Si](C)(C)C(C)(C)C)c1. The Morgan fingerprint density at radius 1 is 1.29 bits per heavy atom. The van der Waals surface area contributed by atoms with Crippen molar-refractivity contribution >= 4 is 13.5 Å². The van der Waals surface area contributed by atoms with Gasteiger partial charge in [0.15, 0.2) is 5.75 Å². The second-order valence-corrected chi connectivity index (χ2v) is 10.5. The summed E-state index contributed by atoms with van der Waals surface area (Å²) in [5.41, 5.74) is 0. The van der Waals surface area contributed by atoms with Gasteiger partial charge in [0.2, 0.25) is 0 Å². The minimum atomic E-state index is -1.52. The molecule has 1 aromatic heterocycles. The molecule has 0 amide bonds. The van der Waals surface area contributed by atoms with Gasteiger partial charge in [0, 0.05) is 6.07 Å². The van der Waals surface area contributed by atoms with Crippen LogP contribution in [0, 0.1) is 0 Å². The van der Waals surface area contributed by atoms with Crippen molar-refractivity contribution in [2.75, 3.05) is 7.11 Å². The summed E-state index contributed by atoms with van der Waals surface area (Å²) in [7, 11) is 0.144. The van der Waals surface area contributed by atoms with Crippen LogP contribution < -0.4 is 10.1 Å². The van der Waals surface area contributed by atoms with Gasteiger partial charge in [0.25, 0.3) is 0 Å². The number of methoxy groups -OCH3 is 1. The third-order valence-corrected chi connectivity index (χ3v) is 8.55. The summed E-state index contributed by atoms with van der Waals surface area (Å²) < 4.78 is 10.7. The molecule has 14 heavy (non-hydrogen) atoms. The van der Waals surface area contributed by atoms with Gasteiger partial charge >= 0.3 is 0 Å². The second kappa shape index (κ2) is 3.46. The molecule has 0 aliphatic carbocycles. The van der Waals surface area contributed by atoms with Crippen LogP contribution in [0.2, 0.25) is 18.1 Å². The van der Waals surface area contributed by atoms with E-state index in [1.807, 2.05) is 6.07 Å². The van der Waals surface area contributed by atoms with Gasteiger partial charge in [-0.05, 0) is 5.04 Å². The zero-order valence-electron chi connectivity index (χ0n) is 9.97. The monoisotopic (exact) mass is 212 g/mol. The fourth-order valence-corrected chi connectivity index (χ4v) is 2.72. The molecule has 0 aliphatic rings. The Morgan fingerprint density at radius 3 is 2.21 bits per heavy atom. The molecule has 0 bridgehead atoms. The predicted octanol–water partition coefficient (Wildman–Crippen LogP) is 3.00. The fraction of sp³-hybridized carbons (Fsp3) is 0.636. The number of furan rings is 1. The van der Waals surface area contributed by atoms with Crippen LogP contribution in [0.4, 0.5) is 0 Å². The molecule has 2 nitrogen and oxygen atoms in total. The molecule has 0 atom stereocenters. The highest BCUT2D eigenvalue weighted by atomic mass is 28.3. The van der Waals surface area contributed by atoms with Crippen LogP contribution >= 0.6 is 0 Å². The van der Waals surface area contributed by atoms with Crippen molar-refractivity contribution < 1.29 is 9.15 Å². The number of hydrogen-bond donors (Lipinski definition) is 0. The van der Waals surface area contributed by atoms with Gasteiger partial charge in [0.1, 0.15) is 14.3 Å². The number of hydrogen-bond acceptors (Lipinski definition) is 2. The van der Waals surface area contributed by atoms with Crippen molar-refractivity contribution in [1.29, 1.82) is 0 Å². The first-order valence-corrected chi connectivity index (χ1v) is 7.92. The van der Waals surface area contributed by atoms with Gasteiger partial charge in [-0.1, -0.05) is 33.9 Å². The lowest BCUT2D eigenvalue weighted by Gasteiger charge is -2.34. The molecular weight excluding hydrogens is 192 g/mol. The van der Waals surface area contributed by atoms with Gasteiger partial charge in [-0.3, -0.25) is 0 Å². The first-order valence-electron chi connectivity index (χ1n) is 4.92. The Balaban J connectivity index is 3.04. The highest BCUT2D eigenvalue weighted by molar-refractivity contribution is 6.91. The predicted molar refractivity (Wildman–Crippen MR) is 62.1 cm³/mol. The average molecular weight is 212 g/mol. The first-order chi connectivity index (χ1) is 6.29. The van der Waals surface area contributed by atoms with Crippen molar-refractivity contribution in [3.63, 3.8) is 0 Å². The Kier molecular flexibility index (Phi) is 2.81. The Bertz CT molecular complexity index is 307. The largest absolute Gasteiger partial charge is 0.493 e. The summed E-state index contributed by atoms with van der Waals surface area (Å²) in [5, 5.41) is 1.41. The summed E-state index contributed by atoms with van der Waals surface area (Å²) in [6, 6.07) is 2.03. The summed E-state index contributed by atoms with van der Waals surface area (Å²) >= 11 is 0. The lowest BCUT2D eigenvalue weighted by molar-refractivity contribution is 0.406. The third-order valence-electron chi connectivity index (χ3n) is 3.30. The molecular formula is C11H20O2Si. The van der Waals surface area contributed by atoms with Crippen molar-refractivity contribution in [3.8, 4) is 5.75 Å². The van der Waals surface area contributed by atoms with E-state index >= 15 is 0 Å². The third kappa shape index (κ3) is 1.87. The lowest BCUT2D eigenvalue weighted by Crippen LogP contribution is -2.48. The lowest BCUT2D eigenvalue weighted by atomic mass is 10.2. The van der Waals surface area contributed by atoms with Crippen molar-refractivity contribution in [2.24, 2.45) is 0 Å². The Hall–Kier alpha value is -0.703. The zero-order chi connectivity index (χ0) is 11.0. The van der Waals surface area contributed by atoms with Crippen molar-refractivity contribution in [3.05, 3.63) is 12.3 Å². The molecule has 0 fully saturated rings. The molecule has 0 N–H and O–H groups in total. The summed E-state index contributed by atoms with van der Waals surface area (Å²) in [6.07, 6.45) is 1.69. The first kappa shape index (κ1) is 11.4. The topological polar surface area (TPSA) is 22.4 Å². The highest BCUT2D eigenvalue weighted by Gasteiger charge is 2.39. The van der Waals surface area contributed by atoms with Gasteiger partial charge in [-0.2, -0.15) is 0 Å². The van der Waals surface area contributed by atoms with Crippen LogP contribution in [0.1, 0.15) is 20.8 Å². The molecule has 0 spiro atoms. The van der Waals surface area contributed by atoms with Crippen LogP contribution in [0.15, 0.2) is 16.7 Å². The quantitative estimate of drug-likeness (QED) is 0.703. The van der Waals surface area contributed by atoms with E-state index in [-0.39, 0.29) is 0 Å². The molecule has 0 radical (unpaired) electrons. The van der Waals surface area contributed by atoms with E-state index in [0.29, 0.717) is 5.04 Å². The Labute approximate surface area is 87.3 Å². The van der Waals surface area contributed by atoms with E-state index in [1.54, 1.807) is 13.4 Å². The molecule has 0 aromatic carbocycles. The van der Waals surface area contributed by atoms with Crippen LogP contribution in [0.5, 0.6) is 5.75 Å². The van der Waals surface area contributed by atoms with Gasteiger partial charge in [-0.25, -0.2) is 0 Å². The maximum atomic E-state index is 5.58.